The Balaban J connectivity index is 2.77. The van der Waals surface area contributed by atoms with Crippen molar-refractivity contribution in [3.63, 3.8) is 0 Å². The average molecular weight is 249 g/mol. The SMILES string of the molecule is N=c1oc2ccc([N+](=O)[O-])cc2cc1C(N)=S. The first-order valence-electron chi connectivity index (χ1n) is 4.56. The first-order valence-corrected chi connectivity index (χ1v) is 4.96. The molecule has 0 spiro atoms. The molecule has 1 aromatic heterocycles. The minimum absolute atomic E-state index is 0.0205. The van der Waals surface area contributed by atoms with Crippen molar-refractivity contribution < 1.29 is 9.34 Å². The van der Waals surface area contributed by atoms with Gasteiger partial charge in [0, 0.05) is 17.5 Å². The molecule has 6 nitrogen and oxygen atoms in total. The van der Waals surface area contributed by atoms with E-state index in [-0.39, 0.29) is 21.8 Å². The summed E-state index contributed by atoms with van der Waals surface area (Å²) in [6, 6.07) is 5.61. The van der Waals surface area contributed by atoms with Crippen LogP contribution in [-0.4, -0.2) is 9.91 Å². The van der Waals surface area contributed by atoms with Crippen molar-refractivity contribution in [3.8, 4) is 0 Å². The second-order valence-corrected chi connectivity index (χ2v) is 3.77. The van der Waals surface area contributed by atoms with E-state index < -0.39 is 4.92 Å². The zero-order valence-electron chi connectivity index (χ0n) is 8.47. The maximum Gasteiger partial charge on any atom is 0.270 e. The lowest BCUT2D eigenvalue weighted by Gasteiger charge is -2.01. The fourth-order valence-electron chi connectivity index (χ4n) is 1.42. The van der Waals surface area contributed by atoms with Crippen LogP contribution in [0.3, 0.4) is 0 Å². The van der Waals surface area contributed by atoms with Crippen LogP contribution in [0.25, 0.3) is 11.0 Å². The molecule has 0 aliphatic rings. The predicted octanol–water partition coefficient (Wildman–Crippen LogP) is 1.45. The molecule has 0 unspecified atom stereocenters. The number of fused-ring (bicyclic) bond motifs is 1. The van der Waals surface area contributed by atoms with E-state index in [2.05, 4.69) is 0 Å². The van der Waals surface area contributed by atoms with Gasteiger partial charge < -0.3 is 10.2 Å². The second-order valence-electron chi connectivity index (χ2n) is 3.33. The molecule has 0 atom stereocenters. The van der Waals surface area contributed by atoms with Crippen molar-refractivity contribution in [1.29, 1.82) is 5.41 Å². The minimum Gasteiger partial charge on any atom is -0.438 e. The highest BCUT2D eigenvalue weighted by Crippen LogP contribution is 2.20. The molecular weight excluding hydrogens is 242 g/mol. The number of nitrogens with zero attached hydrogens (tertiary/aromatic N) is 1. The molecule has 7 heteroatoms. The van der Waals surface area contributed by atoms with Gasteiger partial charge in [0.2, 0.25) is 5.55 Å². The molecule has 0 radical (unpaired) electrons. The summed E-state index contributed by atoms with van der Waals surface area (Å²) in [6.07, 6.45) is 0. The molecule has 1 aromatic carbocycles. The smallest absolute Gasteiger partial charge is 0.270 e. The van der Waals surface area contributed by atoms with Crippen molar-refractivity contribution in [1.82, 2.24) is 0 Å². The standard InChI is InChI=1S/C10H7N3O3S/c11-9-7(10(12)17)4-5-3-6(13(14)15)1-2-8(5)16-9/h1-4,11H,(H2,12,17). The summed E-state index contributed by atoms with van der Waals surface area (Å²) in [5, 5.41) is 18.7. The number of nitrogens with one attached hydrogen (secondary N) is 1. The lowest BCUT2D eigenvalue weighted by atomic mass is 10.1. The highest BCUT2D eigenvalue weighted by Gasteiger charge is 2.10. The van der Waals surface area contributed by atoms with E-state index in [1.807, 2.05) is 0 Å². The molecule has 0 saturated heterocycles. The van der Waals surface area contributed by atoms with Crippen LogP contribution in [0.2, 0.25) is 0 Å². The number of nitro groups is 1. The highest BCUT2D eigenvalue weighted by atomic mass is 32.1. The Morgan fingerprint density at radius 2 is 2.18 bits per heavy atom. The molecule has 1 heterocycles. The van der Waals surface area contributed by atoms with E-state index in [0.717, 1.165) is 0 Å². The fraction of sp³-hybridized carbons (Fsp3) is 0. The third-order valence-electron chi connectivity index (χ3n) is 2.23. The Bertz CT molecular complexity index is 693. The zero-order valence-corrected chi connectivity index (χ0v) is 9.28. The number of nitrogens with two attached hydrogens (primary N) is 1. The molecule has 0 amide bonds. The van der Waals surface area contributed by atoms with E-state index in [9.17, 15) is 10.1 Å². The number of thiocarbonyl (C=S) groups is 1. The van der Waals surface area contributed by atoms with Gasteiger partial charge in [0.15, 0.2) is 0 Å². The van der Waals surface area contributed by atoms with Gasteiger partial charge in [0.05, 0.1) is 10.5 Å². The van der Waals surface area contributed by atoms with Crippen LogP contribution in [0.5, 0.6) is 0 Å². The van der Waals surface area contributed by atoms with E-state index in [4.69, 9.17) is 27.8 Å². The molecular formula is C10H7N3O3S. The summed E-state index contributed by atoms with van der Waals surface area (Å²) in [4.78, 5) is 10.1. The van der Waals surface area contributed by atoms with Crippen LogP contribution < -0.4 is 11.3 Å². The number of hydrogen-bond donors (Lipinski definition) is 2. The van der Waals surface area contributed by atoms with Gasteiger partial charge in [-0.3, -0.25) is 15.5 Å². The molecule has 0 aliphatic heterocycles. The van der Waals surface area contributed by atoms with Gasteiger partial charge in [-0.05, 0) is 12.1 Å². The first-order chi connectivity index (χ1) is 7.99. The summed E-state index contributed by atoms with van der Waals surface area (Å²) in [5.41, 5.74) is 5.84. The Hall–Kier alpha value is -2.28. The van der Waals surface area contributed by atoms with Crippen LogP contribution in [0.1, 0.15) is 5.56 Å². The summed E-state index contributed by atoms with van der Waals surface area (Å²) < 4.78 is 5.17. The monoisotopic (exact) mass is 249 g/mol. The lowest BCUT2D eigenvalue weighted by Crippen LogP contribution is -2.19. The average Bonchev–Trinajstić information content (AvgIpc) is 2.27. The summed E-state index contributed by atoms with van der Waals surface area (Å²) >= 11 is 4.76. The fourth-order valence-corrected chi connectivity index (χ4v) is 1.58. The molecule has 0 saturated carbocycles. The quantitative estimate of drug-likeness (QED) is 0.476. The number of nitro benzene ring substituents is 1. The van der Waals surface area contributed by atoms with Crippen LogP contribution >= 0.6 is 12.2 Å². The highest BCUT2D eigenvalue weighted by molar-refractivity contribution is 7.80. The van der Waals surface area contributed by atoms with Gasteiger partial charge in [0.25, 0.3) is 5.69 Å². The molecule has 2 rings (SSSR count). The Morgan fingerprint density at radius 1 is 1.47 bits per heavy atom. The molecule has 0 aliphatic carbocycles. The van der Waals surface area contributed by atoms with Gasteiger partial charge in [-0.1, -0.05) is 12.2 Å². The lowest BCUT2D eigenvalue weighted by molar-refractivity contribution is -0.384. The number of benzene rings is 1. The van der Waals surface area contributed by atoms with Gasteiger partial charge in [-0.25, -0.2) is 0 Å². The summed E-state index contributed by atoms with van der Waals surface area (Å²) in [6.45, 7) is 0. The Morgan fingerprint density at radius 3 is 2.76 bits per heavy atom. The molecule has 0 fully saturated rings. The maximum absolute atomic E-state index is 10.6. The van der Waals surface area contributed by atoms with Crippen LogP contribution in [0.15, 0.2) is 28.7 Å². The van der Waals surface area contributed by atoms with Gasteiger partial charge in [-0.2, -0.15) is 0 Å². The summed E-state index contributed by atoms with van der Waals surface area (Å²) in [5.74, 6) is 0. The number of rotatable bonds is 2. The van der Waals surface area contributed by atoms with E-state index >= 15 is 0 Å². The van der Waals surface area contributed by atoms with Crippen molar-refractivity contribution in [2.24, 2.45) is 5.73 Å². The Labute approximate surface area is 100 Å². The van der Waals surface area contributed by atoms with E-state index in [0.29, 0.717) is 11.0 Å². The van der Waals surface area contributed by atoms with Crippen molar-refractivity contribution in [2.45, 2.75) is 0 Å². The van der Waals surface area contributed by atoms with Gasteiger partial charge in [0.1, 0.15) is 10.6 Å². The third kappa shape index (κ3) is 2.00. The van der Waals surface area contributed by atoms with Gasteiger partial charge in [-0.15, -0.1) is 0 Å². The predicted molar refractivity (Wildman–Crippen MR) is 64.6 cm³/mol. The van der Waals surface area contributed by atoms with Crippen LogP contribution in [-0.2, 0) is 0 Å². The minimum atomic E-state index is -0.505. The summed E-state index contributed by atoms with van der Waals surface area (Å²) in [7, 11) is 0. The number of non-ortho nitro benzene ring substituents is 1. The molecule has 3 N–H and O–H groups in total. The topological polar surface area (TPSA) is 106 Å². The van der Waals surface area contributed by atoms with Crippen molar-refractivity contribution >= 4 is 33.9 Å². The zero-order chi connectivity index (χ0) is 12.6. The Kier molecular flexibility index (Phi) is 2.60. The third-order valence-corrected chi connectivity index (χ3v) is 2.45. The molecule has 2 aromatic rings. The van der Waals surface area contributed by atoms with Crippen LogP contribution in [0, 0.1) is 15.5 Å². The normalized spacial score (nSPS) is 10.4. The maximum atomic E-state index is 10.6. The second kappa shape index (κ2) is 3.95. The van der Waals surface area contributed by atoms with E-state index in [1.165, 1.54) is 24.3 Å². The van der Waals surface area contributed by atoms with E-state index in [1.54, 1.807) is 0 Å². The first kappa shape index (κ1) is 11.2. The van der Waals surface area contributed by atoms with Crippen molar-refractivity contribution in [3.05, 3.63) is 45.5 Å². The van der Waals surface area contributed by atoms with Gasteiger partial charge >= 0.3 is 0 Å². The molecule has 17 heavy (non-hydrogen) atoms. The molecule has 86 valence electrons. The number of hydrogen-bond acceptors (Lipinski definition) is 5. The van der Waals surface area contributed by atoms with Crippen LogP contribution in [0.4, 0.5) is 5.69 Å². The van der Waals surface area contributed by atoms with Crippen molar-refractivity contribution in [2.75, 3.05) is 0 Å². The molecule has 0 bridgehead atoms. The largest absolute Gasteiger partial charge is 0.438 e.